The first-order valence-corrected chi connectivity index (χ1v) is 3.04. The van der Waals surface area contributed by atoms with Crippen molar-refractivity contribution in [2.45, 2.75) is 6.04 Å². The summed E-state index contributed by atoms with van der Waals surface area (Å²) in [7, 11) is 0. The number of nitrogens with one attached hydrogen (secondary N) is 1. The molecule has 1 amide bonds. The highest BCUT2D eigenvalue weighted by Crippen LogP contribution is 1.78. The molecule has 0 unspecified atom stereocenters. The third-order valence-electron chi connectivity index (χ3n) is 1.05. The fourth-order valence-corrected chi connectivity index (χ4v) is 0.475. The zero-order valence-electron chi connectivity index (χ0n) is 5.91. The molecular formula is C5H11N3O3. The number of carbonyl (C=O) groups is 2. The zero-order valence-corrected chi connectivity index (χ0v) is 5.91. The first kappa shape index (κ1) is 9.86. The van der Waals surface area contributed by atoms with Crippen LogP contribution in [0.25, 0.3) is 0 Å². The maximum absolute atomic E-state index is 10.5. The number of nitrogens with two attached hydrogens (primary N) is 2. The molecule has 6 N–H and O–H groups in total. The number of amides is 1. The van der Waals surface area contributed by atoms with Crippen molar-refractivity contribution in [2.24, 2.45) is 11.5 Å². The van der Waals surface area contributed by atoms with Crippen LogP contribution in [0.3, 0.4) is 0 Å². The Labute approximate surface area is 63.5 Å². The van der Waals surface area contributed by atoms with E-state index in [1.807, 2.05) is 0 Å². The third-order valence-corrected chi connectivity index (χ3v) is 1.05. The molecule has 0 fully saturated rings. The Balaban J connectivity index is 3.88. The van der Waals surface area contributed by atoms with Gasteiger partial charge in [-0.1, -0.05) is 0 Å². The minimum Gasteiger partial charge on any atom is -0.480 e. The first-order chi connectivity index (χ1) is 5.11. The summed E-state index contributed by atoms with van der Waals surface area (Å²) in [5, 5.41) is 10.5. The van der Waals surface area contributed by atoms with Gasteiger partial charge in [-0.15, -0.1) is 0 Å². The number of rotatable bonds is 4. The molecule has 11 heavy (non-hydrogen) atoms. The molecule has 0 aromatic heterocycles. The summed E-state index contributed by atoms with van der Waals surface area (Å²) < 4.78 is 0. The van der Waals surface area contributed by atoms with E-state index >= 15 is 0 Å². The van der Waals surface area contributed by atoms with Gasteiger partial charge in [-0.2, -0.15) is 0 Å². The van der Waals surface area contributed by atoms with E-state index in [0.29, 0.717) is 0 Å². The lowest BCUT2D eigenvalue weighted by atomic mass is 10.3. The lowest BCUT2D eigenvalue weighted by Gasteiger charge is -2.10. The fraction of sp³-hybridized carbons (Fsp3) is 0.600. The Kier molecular flexibility index (Phi) is 4.16. The molecule has 0 radical (unpaired) electrons. The maximum Gasteiger partial charge on any atom is 0.327 e. The second kappa shape index (κ2) is 4.64. The van der Waals surface area contributed by atoms with E-state index in [0.717, 1.165) is 0 Å². The molecule has 6 heteroatoms. The van der Waals surface area contributed by atoms with Crippen LogP contribution >= 0.6 is 0 Å². The fourth-order valence-electron chi connectivity index (χ4n) is 0.475. The molecule has 0 aliphatic carbocycles. The molecule has 0 aromatic carbocycles. The van der Waals surface area contributed by atoms with Gasteiger partial charge in [0.25, 0.3) is 0 Å². The van der Waals surface area contributed by atoms with Crippen molar-refractivity contribution in [2.75, 3.05) is 13.1 Å². The van der Waals surface area contributed by atoms with Crippen molar-refractivity contribution in [3.63, 3.8) is 0 Å². The summed E-state index contributed by atoms with van der Waals surface area (Å²) in [6, 6.07) is -1.04. The van der Waals surface area contributed by atoms with E-state index in [1.54, 1.807) is 0 Å². The maximum atomic E-state index is 10.5. The van der Waals surface area contributed by atoms with Gasteiger partial charge >= 0.3 is 5.97 Å². The number of carbonyl (C=O) groups excluding carboxylic acids is 1. The van der Waals surface area contributed by atoms with Gasteiger partial charge in [0, 0.05) is 6.54 Å². The van der Waals surface area contributed by atoms with Crippen molar-refractivity contribution in [3.05, 3.63) is 0 Å². The lowest BCUT2D eigenvalue weighted by Crippen LogP contribution is -2.47. The van der Waals surface area contributed by atoms with E-state index in [4.69, 9.17) is 16.6 Å². The minimum absolute atomic E-state index is 0.138. The van der Waals surface area contributed by atoms with E-state index in [2.05, 4.69) is 5.32 Å². The Morgan fingerprint density at radius 3 is 2.27 bits per heavy atom. The molecule has 0 aromatic rings. The topological polar surface area (TPSA) is 118 Å². The van der Waals surface area contributed by atoms with E-state index < -0.39 is 17.9 Å². The average molecular weight is 161 g/mol. The molecule has 0 bridgehead atoms. The predicted octanol–water partition coefficient (Wildman–Crippen LogP) is -2.53. The SMILES string of the molecule is NCC(=O)N[C@@H](CN)C(=O)O. The highest BCUT2D eigenvalue weighted by molar-refractivity contribution is 5.84. The van der Waals surface area contributed by atoms with Crippen LogP contribution in [-0.2, 0) is 9.59 Å². The van der Waals surface area contributed by atoms with Crippen molar-refractivity contribution in [1.82, 2.24) is 5.32 Å². The second-order valence-electron chi connectivity index (χ2n) is 1.90. The lowest BCUT2D eigenvalue weighted by molar-refractivity contribution is -0.141. The van der Waals surface area contributed by atoms with Gasteiger partial charge in [0.1, 0.15) is 6.04 Å². The van der Waals surface area contributed by atoms with Crippen LogP contribution in [0.5, 0.6) is 0 Å². The van der Waals surface area contributed by atoms with E-state index in [-0.39, 0.29) is 13.1 Å². The molecule has 0 heterocycles. The van der Waals surface area contributed by atoms with Crippen LogP contribution in [0.2, 0.25) is 0 Å². The van der Waals surface area contributed by atoms with Gasteiger partial charge in [0.15, 0.2) is 0 Å². The summed E-state index contributed by atoms with van der Waals surface area (Å²) in [6.07, 6.45) is 0. The molecule has 6 nitrogen and oxygen atoms in total. The molecule has 64 valence electrons. The molecule has 0 aliphatic rings. The van der Waals surface area contributed by atoms with Gasteiger partial charge in [0.2, 0.25) is 5.91 Å². The monoisotopic (exact) mass is 161 g/mol. The quantitative estimate of drug-likeness (QED) is 0.362. The number of carboxylic acid groups (broad SMARTS) is 1. The predicted molar refractivity (Wildman–Crippen MR) is 37.7 cm³/mol. The van der Waals surface area contributed by atoms with Crippen LogP contribution in [0.1, 0.15) is 0 Å². The molecule has 1 atom stereocenters. The Morgan fingerprint density at radius 2 is 2.00 bits per heavy atom. The molecule has 0 saturated carbocycles. The molecule has 0 aliphatic heterocycles. The Bertz CT molecular complexity index is 159. The summed E-state index contributed by atoms with van der Waals surface area (Å²) >= 11 is 0. The van der Waals surface area contributed by atoms with Crippen molar-refractivity contribution in [1.29, 1.82) is 0 Å². The largest absolute Gasteiger partial charge is 0.480 e. The van der Waals surface area contributed by atoms with Crippen LogP contribution in [-0.4, -0.2) is 36.1 Å². The Hall–Kier alpha value is -1.14. The minimum atomic E-state index is -1.16. The summed E-state index contributed by atoms with van der Waals surface area (Å²) in [5.41, 5.74) is 9.97. The van der Waals surface area contributed by atoms with Gasteiger partial charge in [0.05, 0.1) is 6.54 Å². The number of aliphatic carboxylic acids is 1. The molecule has 0 spiro atoms. The van der Waals surface area contributed by atoms with Crippen molar-refractivity contribution >= 4 is 11.9 Å². The summed E-state index contributed by atoms with van der Waals surface area (Å²) in [6.45, 7) is -0.370. The van der Waals surface area contributed by atoms with Gasteiger partial charge in [-0.25, -0.2) is 4.79 Å². The summed E-state index contributed by atoms with van der Waals surface area (Å²) in [4.78, 5) is 20.8. The molecular weight excluding hydrogens is 150 g/mol. The van der Waals surface area contributed by atoms with Crippen LogP contribution in [0.15, 0.2) is 0 Å². The third kappa shape index (κ3) is 3.54. The normalized spacial score (nSPS) is 12.2. The summed E-state index contributed by atoms with van der Waals surface area (Å²) in [5.74, 6) is -1.68. The van der Waals surface area contributed by atoms with Crippen LogP contribution < -0.4 is 16.8 Å². The van der Waals surface area contributed by atoms with E-state index in [1.165, 1.54) is 0 Å². The molecule has 0 saturated heterocycles. The number of hydrogen-bond donors (Lipinski definition) is 4. The average Bonchev–Trinajstić information content (AvgIpc) is 1.99. The Morgan fingerprint density at radius 1 is 1.45 bits per heavy atom. The standard InChI is InChI=1S/C5H11N3O3/c6-1-3(5(10)11)8-4(9)2-7/h3H,1-2,6-7H2,(H,8,9)(H,10,11)/t3-/m0/s1. The highest BCUT2D eigenvalue weighted by atomic mass is 16.4. The number of hydrogen-bond acceptors (Lipinski definition) is 4. The first-order valence-electron chi connectivity index (χ1n) is 3.04. The van der Waals surface area contributed by atoms with Crippen LogP contribution in [0.4, 0.5) is 0 Å². The molecule has 0 rings (SSSR count). The zero-order chi connectivity index (χ0) is 8.85. The van der Waals surface area contributed by atoms with Gasteiger partial charge in [-0.05, 0) is 0 Å². The second-order valence-corrected chi connectivity index (χ2v) is 1.90. The number of carboxylic acids is 1. The van der Waals surface area contributed by atoms with Gasteiger partial charge in [-0.3, -0.25) is 4.79 Å². The smallest absolute Gasteiger partial charge is 0.327 e. The van der Waals surface area contributed by atoms with E-state index in [9.17, 15) is 9.59 Å². The van der Waals surface area contributed by atoms with Crippen LogP contribution in [0, 0.1) is 0 Å². The highest BCUT2D eigenvalue weighted by Gasteiger charge is 2.16. The van der Waals surface area contributed by atoms with Crippen molar-refractivity contribution < 1.29 is 14.7 Å². The van der Waals surface area contributed by atoms with Gasteiger partial charge < -0.3 is 21.9 Å². The van der Waals surface area contributed by atoms with Crippen molar-refractivity contribution in [3.8, 4) is 0 Å².